The summed E-state index contributed by atoms with van der Waals surface area (Å²) >= 11 is 9.12. The molecule has 0 fully saturated rings. The summed E-state index contributed by atoms with van der Waals surface area (Å²) < 4.78 is 0.827. The topological polar surface area (TPSA) is 93.5 Å². The molecule has 0 spiro atoms. The van der Waals surface area contributed by atoms with E-state index < -0.39 is 6.03 Å². The van der Waals surface area contributed by atoms with Gasteiger partial charge in [0.15, 0.2) is 0 Å². The number of hydrogen-bond donors (Lipinski definition) is 3. The Kier molecular flexibility index (Phi) is 3.93. The van der Waals surface area contributed by atoms with Crippen molar-refractivity contribution >= 4 is 45.2 Å². The number of carbonyl (C=O) groups excluding carboxylic acids is 1. The molecular formula is C8H8BrClN4O. The molecule has 0 aliphatic carbocycles. The fourth-order valence-electron chi connectivity index (χ4n) is 0.856. The van der Waals surface area contributed by atoms with Crippen LogP contribution in [-0.2, 0) is 0 Å². The predicted octanol–water partition coefficient (Wildman–Crippen LogP) is 1.72. The summed E-state index contributed by atoms with van der Waals surface area (Å²) in [4.78, 5) is 14.3. The molecule has 15 heavy (non-hydrogen) atoms. The Hall–Kier alpha value is -1.27. The first-order valence-electron chi connectivity index (χ1n) is 3.84. The highest BCUT2D eigenvalue weighted by atomic mass is 79.9. The number of amides is 2. The molecule has 0 bridgehead atoms. The number of hydrogen-bond acceptors (Lipinski definition) is 2. The first kappa shape index (κ1) is 11.8. The van der Waals surface area contributed by atoms with E-state index in [-0.39, 0.29) is 5.96 Å². The third-order valence-electron chi connectivity index (χ3n) is 1.40. The number of nitrogens with zero attached hydrogens (tertiary/aromatic N) is 1. The van der Waals surface area contributed by atoms with Crippen LogP contribution < -0.4 is 16.8 Å². The quantitative estimate of drug-likeness (QED) is 0.543. The number of benzene rings is 1. The molecule has 1 aromatic carbocycles. The summed E-state index contributed by atoms with van der Waals surface area (Å²) in [5, 5.41) is 2.54. The van der Waals surface area contributed by atoms with Crippen LogP contribution in [0.3, 0.4) is 0 Å². The van der Waals surface area contributed by atoms with Crippen LogP contribution in [-0.4, -0.2) is 12.0 Å². The molecule has 0 saturated heterocycles. The van der Waals surface area contributed by atoms with Gasteiger partial charge in [-0.05, 0) is 18.2 Å². The lowest BCUT2D eigenvalue weighted by Gasteiger charge is -2.02. The number of rotatable bonds is 1. The second kappa shape index (κ2) is 4.99. The second-order valence-electron chi connectivity index (χ2n) is 2.58. The molecular weight excluding hydrogens is 283 g/mol. The lowest BCUT2D eigenvalue weighted by molar-refractivity contribution is 0.253. The van der Waals surface area contributed by atoms with Crippen LogP contribution in [0.25, 0.3) is 0 Å². The molecule has 80 valence electrons. The smallest absolute Gasteiger partial charge is 0.318 e. The molecule has 5 nitrogen and oxygen atoms in total. The minimum Gasteiger partial charge on any atom is -0.369 e. The Labute approximate surface area is 99.6 Å². The second-order valence-corrected chi connectivity index (χ2v) is 3.90. The Morgan fingerprint density at radius 2 is 2.13 bits per heavy atom. The SMILES string of the molecule is NC(=O)NC(N)=Nc1ccc(Br)cc1Cl. The molecule has 1 rings (SSSR count). The zero-order valence-electron chi connectivity index (χ0n) is 7.50. The van der Waals surface area contributed by atoms with Gasteiger partial charge in [-0.2, -0.15) is 0 Å². The lowest BCUT2D eigenvalue weighted by Crippen LogP contribution is -2.39. The average molecular weight is 292 g/mol. The maximum atomic E-state index is 10.4. The van der Waals surface area contributed by atoms with Crippen molar-refractivity contribution in [3.63, 3.8) is 0 Å². The zero-order chi connectivity index (χ0) is 11.4. The molecule has 0 unspecified atom stereocenters. The van der Waals surface area contributed by atoms with Crippen LogP contribution in [0.15, 0.2) is 27.7 Å². The monoisotopic (exact) mass is 290 g/mol. The van der Waals surface area contributed by atoms with Crippen molar-refractivity contribution in [3.8, 4) is 0 Å². The van der Waals surface area contributed by atoms with E-state index in [4.69, 9.17) is 23.1 Å². The summed E-state index contributed by atoms with van der Waals surface area (Å²) in [5.74, 6) is -0.105. The van der Waals surface area contributed by atoms with Gasteiger partial charge in [0.05, 0.1) is 10.7 Å². The standard InChI is InChI=1S/C8H8BrClN4O/c9-4-1-2-6(5(10)3-4)13-7(11)14-8(12)15/h1-3H,(H5,11,12,13,14,15). The van der Waals surface area contributed by atoms with Crippen LogP contribution in [0.4, 0.5) is 10.5 Å². The van der Waals surface area contributed by atoms with Gasteiger partial charge in [-0.1, -0.05) is 27.5 Å². The van der Waals surface area contributed by atoms with Gasteiger partial charge in [0.1, 0.15) is 0 Å². The van der Waals surface area contributed by atoms with Crippen molar-refractivity contribution < 1.29 is 4.79 Å². The summed E-state index contributed by atoms with van der Waals surface area (Å²) in [5.41, 5.74) is 10.7. The van der Waals surface area contributed by atoms with Crippen LogP contribution in [0.5, 0.6) is 0 Å². The van der Waals surface area contributed by atoms with E-state index in [0.717, 1.165) is 4.47 Å². The van der Waals surface area contributed by atoms with Gasteiger partial charge in [0.2, 0.25) is 5.96 Å². The minimum atomic E-state index is -0.774. The van der Waals surface area contributed by atoms with Crippen molar-refractivity contribution in [2.24, 2.45) is 16.5 Å². The van der Waals surface area contributed by atoms with Gasteiger partial charge in [0.25, 0.3) is 0 Å². The average Bonchev–Trinajstić information content (AvgIpc) is 2.08. The van der Waals surface area contributed by atoms with Crippen LogP contribution in [0, 0.1) is 0 Å². The first-order chi connectivity index (χ1) is 6.99. The van der Waals surface area contributed by atoms with E-state index in [1.807, 2.05) is 0 Å². The number of guanidine groups is 1. The van der Waals surface area contributed by atoms with Gasteiger partial charge < -0.3 is 11.5 Å². The molecule has 0 aliphatic heterocycles. The number of urea groups is 1. The third kappa shape index (κ3) is 3.77. The Bertz CT molecular complexity index is 421. The molecule has 0 aromatic heterocycles. The molecule has 0 atom stereocenters. The molecule has 0 aliphatic rings. The van der Waals surface area contributed by atoms with Gasteiger partial charge >= 0.3 is 6.03 Å². The highest BCUT2D eigenvalue weighted by Gasteiger charge is 2.01. The van der Waals surface area contributed by atoms with Crippen molar-refractivity contribution in [1.82, 2.24) is 5.32 Å². The molecule has 5 N–H and O–H groups in total. The van der Waals surface area contributed by atoms with Crippen molar-refractivity contribution in [2.75, 3.05) is 0 Å². The summed E-state index contributed by atoms with van der Waals surface area (Å²) in [6.45, 7) is 0. The van der Waals surface area contributed by atoms with E-state index in [0.29, 0.717) is 10.7 Å². The van der Waals surface area contributed by atoms with Crippen molar-refractivity contribution in [3.05, 3.63) is 27.7 Å². The van der Waals surface area contributed by atoms with Crippen LogP contribution in [0.1, 0.15) is 0 Å². The number of nitrogens with two attached hydrogens (primary N) is 2. The van der Waals surface area contributed by atoms with E-state index in [1.165, 1.54) is 0 Å². The predicted molar refractivity (Wildman–Crippen MR) is 63.2 cm³/mol. The Morgan fingerprint density at radius 1 is 1.47 bits per heavy atom. The molecule has 0 radical (unpaired) electrons. The number of carbonyl (C=O) groups is 1. The fourth-order valence-corrected chi connectivity index (χ4v) is 1.57. The van der Waals surface area contributed by atoms with Gasteiger partial charge in [-0.15, -0.1) is 0 Å². The van der Waals surface area contributed by atoms with Crippen LogP contribution >= 0.6 is 27.5 Å². The van der Waals surface area contributed by atoms with Crippen molar-refractivity contribution in [2.45, 2.75) is 0 Å². The lowest BCUT2D eigenvalue weighted by atomic mass is 10.3. The van der Waals surface area contributed by atoms with E-state index >= 15 is 0 Å². The van der Waals surface area contributed by atoms with Gasteiger partial charge in [-0.3, -0.25) is 5.32 Å². The maximum absolute atomic E-state index is 10.4. The van der Waals surface area contributed by atoms with Gasteiger partial charge in [0, 0.05) is 4.47 Å². The first-order valence-corrected chi connectivity index (χ1v) is 5.02. The third-order valence-corrected chi connectivity index (χ3v) is 2.20. The summed E-state index contributed by atoms with van der Waals surface area (Å²) in [7, 11) is 0. The Balaban J connectivity index is 2.92. The van der Waals surface area contributed by atoms with E-state index in [9.17, 15) is 4.79 Å². The number of nitrogens with one attached hydrogen (secondary N) is 1. The molecule has 0 saturated carbocycles. The summed E-state index contributed by atoms with van der Waals surface area (Å²) in [6, 6.07) is 4.30. The molecule has 0 heterocycles. The van der Waals surface area contributed by atoms with Gasteiger partial charge in [-0.25, -0.2) is 9.79 Å². The largest absolute Gasteiger partial charge is 0.369 e. The molecule has 1 aromatic rings. The van der Waals surface area contributed by atoms with Crippen molar-refractivity contribution in [1.29, 1.82) is 0 Å². The highest BCUT2D eigenvalue weighted by molar-refractivity contribution is 9.10. The van der Waals surface area contributed by atoms with E-state index in [1.54, 1.807) is 18.2 Å². The normalized spacial score (nSPS) is 11.2. The number of aliphatic imine (C=N–C) groups is 1. The van der Waals surface area contributed by atoms with E-state index in [2.05, 4.69) is 26.2 Å². The Morgan fingerprint density at radius 3 is 2.67 bits per heavy atom. The minimum absolute atomic E-state index is 0.105. The zero-order valence-corrected chi connectivity index (χ0v) is 9.84. The molecule has 7 heteroatoms. The summed E-state index contributed by atoms with van der Waals surface area (Å²) in [6.07, 6.45) is 0. The fraction of sp³-hybridized carbons (Fsp3) is 0. The molecule has 2 amide bonds. The number of primary amides is 1. The number of halogens is 2. The van der Waals surface area contributed by atoms with Crippen LogP contribution in [0.2, 0.25) is 5.02 Å². The maximum Gasteiger partial charge on any atom is 0.318 e. The highest BCUT2D eigenvalue weighted by Crippen LogP contribution is 2.27.